The Hall–Kier alpha value is -4.45. The van der Waals surface area contributed by atoms with Crippen LogP contribution in [0.5, 0.6) is 0 Å². The molecule has 0 aromatic rings. The highest BCUT2D eigenvalue weighted by Crippen LogP contribution is 2.16. The Morgan fingerprint density at radius 2 is 0.468 bits per heavy atom. The summed E-state index contributed by atoms with van der Waals surface area (Å²) in [5.74, 6) is -0.935. The minimum atomic E-state index is -0.800. The van der Waals surface area contributed by atoms with Gasteiger partial charge in [0.05, 0.1) is 0 Å². The first-order valence-corrected chi connectivity index (χ1v) is 31.7. The molecule has 0 saturated carbocycles. The van der Waals surface area contributed by atoms with Gasteiger partial charge in [-0.25, -0.2) is 0 Å². The van der Waals surface area contributed by atoms with Gasteiger partial charge in [0.2, 0.25) is 0 Å². The fourth-order valence-corrected chi connectivity index (χ4v) is 8.50. The van der Waals surface area contributed by atoms with Gasteiger partial charge in [0.15, 0.2) is 6.10 Å². The molecule has 436 valence electrons. The van der Waals surface area contributed by atoms with Crippen LogP contribution in [-0.4, -0.2) is 37.2 Å². The van der Waals surface area contributed by atoms with Crippen LogP contribution in [0.4, 0.5) is 0 Å². The Kier molecular flexibility index (Phi) is 60.4. The van der Waals surface area contributed by atoms with E-state index < -0.39 is 6.10 Å². The summed E-state index contributed by atoms with van der Waals surface area (Å²) < 4.78 is 16.9. The number of ether oxygens (including phenoxy) is 3. The Morgan fingerprint density at radius 3 is 0.740 bits per heavy atom. The third kappa shape index (κ3) is 62.3. The number of hydrogen-bond donors (Lipinski definition) is 0. The molecule has 1 unspecified atom stereocenters. The number of carbonyl (C=O) groups is 3. The van der Waals surface area contributed by atoms with E-state index in [-0.39, 0.29) is 31.1 Å². The quantitative estimate of drug-likeness (QED) is 0.0261. The molecule has 0 fully saturated rings. The Balaban J connectivity index is 4.30. The maximum atomic E-state index is 12.9. The number of hydrogen-bond acceptors (Lipinski definition) is 6. The van der Waals surface area contributed by atoms with Gasteiger partial charge in [0, 0.05) is 19.3 Å². The van der Waals surface area contributed by atoms with E-state index in [0.29, 0.717) is 19.3 Å². The molecule has 0 aliphatic rings. The second-order valence-electron chi connectivity index (χ2n) is 20.5. The van der Waals surface area contributed by atoms with Gasteiger partial charge in [0.25, 0.3) is 0 Å². The zero-order valence-electron chi connectivity index (χ0n) is 49.9. The summed E-state index contributed by atoms with van der Waals surface area (Å²) in [4.78, 5) is 38.3. The van der Waals surface area contributed by atoms with E-state index in [1.165, 1.54) is 96.3 Å². The summed E-state index contributed by atoms with van der Waals surface area (Å²) >= 11 is 0. The summed E-state index contributed by atoms with van der Waals surface area (Å²) in [6.07, 6.45) is 90.4. The summed E-state index contributed by atoms with van der Waals surface area (Å²) in [6.45, 7) is 6.27. The van der Waals surface area contributed by atoms with E-state index in [2.05, 4.69) is 154 Å². The SMILES string of the molecule is CC/C=C\C/C=C\C/C=C\C/C=C\C/C=C\CCCCCCCCCCCCCCCC(=O)OCC(COC(=O)CCCCC/C=C\C/C=C\C/C=C\CC)OC(=O)CCCCCCCCC/C=C\C/C=C\C/C=C\CC. The van der Waals surface area contributed by atoms with Crippen LogP contribution in [0, 0.1) is 0 Å². The molecule has 0 aromatic carbocycles. The van der Waals surface area contributed by atoms with E-state index >= 15 is 0 Å². The molecule has 0 radical (unpaired) electrons. The van der Waals surface area contributed by atoms with Gasteiger partial charge in [-0.2, -0.15) is 0 Å². The van der Waals surface area contributed by atoms with Crippen molar-refractivity contribution in [1.82, 2.24) is 0 Å². The van der Waals surface area contributed by atoms with Gasteiger partial charge in [-0.05, 0) is 128 Å². The largest absolute Gasteiger partial charge is 0.462 e. The average Bonchev–Trinajstić information content (AvgIpc) is 3.43. The number of carbonyl (C=O) groups excluding carboxylic acids is 3. The van der Waals surface area contributed by atoms with Crippen molar-refractivity contribution in [3.63, 3.8) is 0 Å². The molecule has 77 heavy (non-hydrogen) atoms. The van der Waals surface area contributed by atoms with Crippen LogP contribution in [0.25, 0.3) is 0 Å². The van der Waals surface area contributed by atoms with Crippen LogP contribution in [0.1, 0.15) is 278 Å². The van der Waals surface area contributed by atoms with Crippen molar-refractivity contribution >= 4 is 17.9 Å². The monoisotopic (exact) mass is 1060 g/mol. The lowest BCUT2D eigenvalue weighted by Crippen LogP contribution is -2.30. The number of esters is 3. The summed E-state index contributed by atoms with van der Waals surface area (Å²) in [7, 11) is 0. The van der Waals surface area contributed by atoms with Crippen LogP contribution < -0.4 is 0 Å². The average molecular weight is 1070 g/mol. The lowest BCUT2D eigenvalue weighted by molar-refractivity contribution is -0.167. The first kappa shape index (κ1) is 72.5. The van der Waals surface area contributed by atoms with Crippen molar-refractivity contribution < 1.29 is 28.6 Å². The van der Waals surface area contributed by atoms with Crippen molar-refractivity contribution in [2.75, 3.05) is 13.2 Å². The van der Waals surface area contributed by atoms with E-state index in [0.717, 1.165) is 141 Å². The highest BCUT2D eigenvalue weighted by molar-refractivity contribution is 5.71. The highest BCUT2D eigenvalue weighted by atomic mass is 16.6. The van der Waals surface area contributed by atoms with Crippen LogP contribution in [0.15, 0.2) is 134 Å². The van der Waals surface area contributed by atoms with Gasteiger partial charge in [0.1, 0.15) is 13.2 Å². The second-order valence-corrected chi connectivity index (χ2v) is 20.5. The Labute approximate surface area is 475 Å². The van der Waals surface area contributed by atoms with Crippen molar-refractivity contribution in [2.45, 2.75) is 284 Å². The first-order chi connectivity index (χ1) is 38.0. The standard InChI is InChI=1S/C71H116O6/c1-4-7-10-13-16-19-22-25-27-29-30-31-32-33-34-35-36-37-38-39-40-42-43-46-49-52-55-58-61-64-70(73)76-67-68(66-75-69(72)63-60-57-54-51-48-45-24-21-18-15-12-9-6-3)77-71(74)65-62-59-56-53-50-47-44-41-28-26-23-20-17-14-11-8-5-2/h7-12,16-21,25-28,30-31,33-34,45,48,68H,4-6,13-15,22-24,29,32,35-44,46-47,49-67H2,1-3H3/b10-7-,11-8-,12-9-,19-16-,20-17-,21-18-,27-25-,28-26-,31-30-,34-33-,48-45-. The van der Waals surface area contributed by atoms with Crippen LogP contribution in [-0.2, 0) is 28.6 Å². The fourth-order valence-electron chi connectivity index (χ4n) is 8.50. The predicted molar refractivity (Wildman–Crippen MR) is 334 cm³/mol. The van der Waals surface area contributed by atoms with Gasteiger partial charge < -0.3 is 14.2 Å². The van der Waals surface area contributed by atoms with Gasteiger partial charge in [-0.1, -0.05) is 264 Å². The predicted octanol–water partition coefficient (Wildman–Crippen LogP) is 21.8. The van der Waals surface area contributed by atoms with E-state index in [9.17, 15) is 14.4 Å². The molecule has 0 saturated heterocycles. The van der Waals surface area contributed by atoms with Gasteiger partial charge >= 0.3 is 17.9 Å². The molecule has 0 N–H and O–H groups in total. The highest BCUT2D eigenvalue weighted by Gasteiger charge is 2.19. The van der Waals surface area contributed by atoms with Crippen LogP contribution in [0.2, 0.25) is 0 Å². The summed E-state index contributed by atoms with van der Waals surface area (Å²) in [5.41, 5.74) is 0. The molecule has 0 aliphatic carbocycles. The molecule has 0 amide bonds. The summed E-state index contributed by atoms with van der Waals surface area (Å²) in [5, 5.41) is 0. The molecule has 0 spiro atoms. The van der Waals surface area contributed by atoms with E-state index in [4.69, 9.17) is 14.2 Å². The molecule has 1 atom stereocenters. The third-order valence-electron chi connectivity index (χ3n) is 13.1. The van der Waals surface area contributed by atoms with Gasteiger partial charge in [-0.3, -0.25) is 14.4 Å². The zero-order valence-corrected chi connectivity index (χ0v) is 49.9. The maximum absolute atomic E-state index is 12.9. The topological polar surface area (TPSA) is 78.9 Å². The van der Waals surface area contributed by atoms with Crippen LogP contribution in [0.3, 0.4) is 0 Å². The third-order valence-corrected chi connectivity index (χ3v) is 13.1. The minimum Gasteiger partial charge on any atom is -0.462 e. The molecule has 0 heterocycles. The maximum Gasteiger partial charge on any atom is 0.306 e. The number of unbranched alkanes of at least 4 members (excludes halogenated alkanes) is 23. The molecule has 0 aliphatic heterocycles. The van der Waals surface area contributed by atoms with Crippen molar-refractivity contribution in [1.29, 1.82) is 0 Å². The van der Waals surface area contributed by atoms with E-state index in [1.54, 1.807) is 0 Å². The smallest absolute Gasteiger partial charge is 0.306 e. The minimum absolute atomic E-state index is 0.0948. The van der Waals surface area contributed by atoms with Gasteiger partial charge in [-0.15, -0.1) is 0 Å². The fraction of sp³-hybridized carbons (Fsp3) is 0.648. The first-order valence-electron chi connectivity index (χ1n) is 31.7. The van der Waals surface area contributed by atoms with Crippen molar-refractivity contribution in [3.05, 3.63) is 134 Å². The summed E-state index contributed by atoms with van der Waals surface area (Å²) in [6, 6.07) is 0. The molecule has 6 nitrogen and oxygen atoms in total. The molecular weight excluding hydrogens is 949 g/mol. The molecular formula is C71H116O6. The van der Waals surface area contributed by atoms with Crippen molar-refractivity contribution in [3.8, 4) is 0 Å². The normalized spacial score (nSPS) is 13.0. The molecule has 6 heteroatoms. The van der Waals surface area contributed by atoms with Crippen molar-refractivity contribution in [2.24, 2.45) is 0 Å². The zero-order chi connectivity index (χ0) is 55.7. The number of rotatable bonds is 56. The Bertz CT molecular complexity index is 1650. The lowest BCUT2D eigenvalue weighted by atomic mass is 10.0. The molecule has 0 aromatic heterocycles. The van der Waals surface area contributed by atoms with Crippen LogP contribution >= 0.6 is 0 Å². The second kappa shape index (κ2) is 64.1. The lowest BCUT2D eigenvalue weighted by Gasteiger charge is -2.18. The number of allylic oxidation sites excluding steroid dienone is 22. The Morgan fingerprint density at radius 1 is 0.260 bits per heavy atom. The molecule has 0 rings (SSSR count). The van der Waals surface area contributed by atoms with E-state index in [1.807, 2.05) is 0 Å². The molecule has 0 bridgehead atoms.